The van der Waals surface area contributed by atoms with E-state index < -0.39 is 0 Å². The Morgan fingerprint density at radius 1 is 1.58 bits per heavy atom. The molecule has 68 valence electrons. The molecule has 0 spiro atoms. The van der Waals surface area contributed by atoms with E-state index in [1.807, 2.05) is 6.08 Å². The molecule has 1 nitrogen and oxygen atoms in total. The average Bonchev–Trinajstić information content (AvgIpc) is 2.05. The molecule has 0 heterocycles. The van der Waals surface area contributed by atoms with Crippen molar-refractivity contribution >= 4 is 0 Å². The summed E-state index contributed by atoms with van der Waals surface area (Å²) < 4.78 is 0. The van der Waals surface area contributed by atoms with Gasteiger partial charge in [0.2, 0.25) is 0 Å². The fourth-order valence-corrected chi connectivity index (χ4v) is 0.787. The molecule has 0 aliphatic heterocycles. The van der Waals surface area contributed by atoms with Gasteiger partial charge < -0.3 is 5.73 Å². The summed E-state index contributed by atoms with van der Waals surface area (Å²) in [6.45, 7) is 7.20. The maximum Gasteiger partial charge on any atom is 0.0267 e. The smallest absolute Gasteiger partial charge is 0.0267 e. The highest BCUT2D eigenvalue weighted by molar-refractivity contribution is 5.00. The molecule has 0 amide bonds. The number of hydrogen-bond acceptors (Lipinski definition) is 1. The Morgan fingerprint density at radius 2 is 2.17 bits per heavy atom. The molecule has 12 heavy (non-hydrogen) atoms. The molecule has 0 rings (SSSR count). The van der Waals surface area contributed by atoms with Crippen LogP contribution in [0.15, 0.2) is 12.2 Å². The number of terminal acetylenes is 1. The molecule has 0 aliphatic rings. The van der Waals surface area contributed by atoms with Crippen molar-refractivity contribution in [2.75, 3.05) is 6.54 Å². The van der Waals surface area contributed by atoms with Crippen molar-refractivity contribution < 1.29 is 0 Å². The van der Waals surface area contributed by atoms with Gasteiger partial charge in [-0.2, -0.15) is 0 Å². The van der Waals surface area contributed by atoms with E-state index in [1.54, 1.807) is 0 Å². The van der Waals surface area contributed by atoms with E-state index in [4.69, 9.17) is 12.2 Å². The minimum Gasteiger partial charge on any atom is -0.330 e. The van der Waals surface area contributed by atoms with Gasteiger partial charge in [-0.25, -0.2) is 0 Å². The van der Waals surface area contributed by atoms with Crippen molar-refractivity contribution in [3.05, 3.63) is 12.2 Å². The Labute approximate surface area is 76.0 Å². The molecule has 0 bridgehead atoms. The first-order chi connectivity index (χ1) is 5.54. The number of hydrogen-bond donors (Lipinski definition) is 1. The van der Waals surface area contributed by atoms with Gasteiger partial charge in [-0.05, 0) is 17.9 Å². The van der Waals surface area contributed by atoms with Crippen LogP contribution in [0.1, 0.15) is 27.2 Å². The average molecular weight is 165 g/mol. The maximum absolute atomic E-state index is 5.64. The molecule has 0 fully saturated rings. The van der Waals surface area contributed by atoms with Crippen LogP contribution in [0, 0.1) is 23.7 Å². The summed E-state index contributed by atoms with van der Waals surface area (Å²) >= 11 is 0. The van der Waals surface area contributed by atoms with Crippen LogP contribution >= 0.6 is 0 Å². The Bertz CT molecular complexity index is 184. The van der Waals surface area contributed by atoms with E-state index in [9.17, 15) is 0 Å². The van der Waals surface area contributed by atoms with Crippen molar-refractivity contribution in [2.45, 2.75) is 27.2 Å². The molecule has 1 unspecified atom stereocenters. The molecule has 1 heteroatoms. The Kier molecular flexibility index (Phi) is 4.70. The van der Waals surface area contributed by atoms with Crippen LogP contribution < -0.4 is 5.73 Å². The Hall–Kier alpha value is -0.740. The molecular formula is C11H19N. The summed E-state index contributed by atoms with van der Waals surface area (Å²) in [6.07, 6.45) is 10.0. The molecule has 0 aromatic heterocycles. The molecule has 0 aromatic carbocycles. The van der Waals surface area contributed by atoms with E-state index in [0.717, 1.165) is 0 Å². The van der Waals surface area contributed by atoms with E-state index in [1.165, 1.54) is 0 Å². The third-order valence-electron chi connectivity index (χ3n) is 2.42. The van der Waals surface area contributed by atoms with E-state index >= 15 is 0 Å². The first-order valence-corrected chi connectivity index (χ1v) is 4.34. The highest BCUT2D eigenvalue weighted by Crippen LogP contribution is 2.25. The Balaban J connectivity index is 4.04. The van der Waals surface area contributed by atoms with E-state index in [2.05, 4.69) is 32.8 Å². The zero-order valence-electron chi connectivity index (χ0n) is 8.30. The van der Waals surface area contributed by atoms with Crippen molar-refractivity contribution in [1.29, 1.82) is 0 Å². The first kappa shape index (κ1) is 11.3. The summed E-state index contributed by atoms with van der Waals surface area (Å²) in [7, 11) is 0. The molecule has 0 radical (unpaired) electrons. The quantitative estimate of drug-likeness (QED) is 0.501. The van der Waals surface area contributed by atoms with Crippen LogP contribution in [0.25, 0.3) is 0 Å². The summed E-state index contributed by atoms with van der Waals surface area (Å²) in [4.78, 5) is 0. The fourth-order valence-electron chi connectivity index (χ4n) is 0.787. The second kappa shape index (κ2) is 5.00. The summed E-state index contributed by atoms with van der Waals surface area (Å²) in [6, 6.07) is 0. The third kappa shape index (κ3) is 3.59. The van der Waals surface area contributed by atoms with Gasteiger partial charge >= 0.3 is 0 Å². The molecule has 0 saturated carbocycles. The second-order valence-electron chi connectivity index (χ2n) is 3.82. The molecule has 1 atom stereocenters. The minimum atomic E-state index is 0.172. The van der Waals surface area contributed by atoms with E-state index in [-0.39, 0.29) is 5.41 Å². The highest BCUT2D eigenvalue weighted by atomic mass is 14.6. The van der Waals surface area contributed by atoms with Crippen molar-refractivity contribution in [2.24, 2.45) is 17.1 Å². The van der Waals surface area contributed by atoms with Gasteiger partial charge in [0.15, 0.2) is 0 Å². The largest absolute Gasteiger partial charge is 0.330 e. The molecule has 2 N–H and O–H groups in total. The predicted octanol–water partition coefficient (Wildman–Crippen LogP) is 2.19. The maximum atomic E-state index is 5.64. The van der Waals surface area contributed by atoms with Crippen LogP contribution in [0.2, 0.25) is 0 Å². The topological polar surface area (TPSA) is 26.0 Å². The SMILES string of the molecule is C#CC/C=C\C(C)C(C)(C)CN. The molecule has 0 saturated heterocycles. The molecule has 0 aliphatic carbocycles. The van der Waals surface area contributed by atoms with Crippen LogP contribution in [-0.4, -0.2) is 6.54 Å². The summed E-state index contributed by atoms with van der Waals surface area (Å²) in [5, 5.41) is 0. The summed E-state index contributed by atoms with van der Waals surface area (Å²) in [5.74, 6) is 3.06. The van der Waals surface area contributed by atoms with Gasteiger partial charge in [-0.3, -0.25) is 0 Å². The van der Waals surface area contributed by atoms with Gasteiger partial charge in [0.1, 0.15) is 0 Å². The molecule has 0 aromatic rings. The van der Waals surface area contributed by atoms with Crippen LogP contribution in [0.3, 0.4) is 0 Å². The van der Waals surface area contributed by atoms with Crippen LogP contribution in [0.5, 0.6) is 0 Å². The molecular weight excluding hydrogens is 146 g/mol. The lowest BCUT2D eigenvalue weighted by Gasteiger charge is -2.27. The highest BCUT2D eigenvalue weighted by Gasteiger charge is 2.21. The van der Waals surface area contributed by atoms with Gasteiger partial charge in [-0.15, -0.1) is 12.3 Å². The van der Waals surface area contributed by atoms with Crippen molar-refractivity contribution in [3.8, 4) is 12.3 Å². The van der Waals surface area contributed by atoms with Crippen LogP contribution in [0.4, 0.5) is 0 Å². The van der Waals surface area contributed by atoms with Crippen LogP contribution in [-0.2, 0) is 0 Å². The zero-order chi connectivity index (χ0) is 9.61. The van der Waals surface area contributed by atoms with Gasteiger partial charge in [0.05, 0.1) is 0 Å². The number of nitrogens with two attached hydrogens (primary N) is 1. The van der Waals surface area contributed by atoms with Crippen molar-refractivity contribution in [1.82, 2.24) is 0 Å². The fraction of sp³-hybridized carbons (Fsp3) is 0.636. The number of rotatable bonds is 4. The Morgan fingerprint density at radius 3 is 2.58 bits per heavy atom. The zero-order valence-corrected chi connectivity index (χ0v) is 8.30. The lowest BCUT2D eigenvalue weighted by atomic mass is 9.80. The monoisotopic (exact) mass is 165 g/mol. The van der Waals surface area contributed by atoms with Gasteiger partial charge in [0.25, 0.3) is 0 Å². The number of allylic oxidation sites excluding steroid dienone is 2. The summed E-state index contributed by atoms with van der Waals surface area (Å²) in [5.41, 5.74) is 5.81. The normalized spacial score (nSPS) is 14.6. The first-order valence-electron chi connectivity index (χ1n) is 4.34. The van der Waals surface area contributed by atoms with Gasteiger partial charge in [0, 0.05) is 6.42 Å². The lowest BCUT2D eigenvalue weighted by molar-refractivity contribution is 0.289. The third-order valence-corrected chi connectivity index (χ3v) is 2.42. The standard InChI is InChI=1S/C11H19N/c1-5-6-7-8-10(2)11(3,4)9-12/h1,7-8,10H,6,9,12H2,2-4H3/b8-7-. The predicted molar refractivity (Wildman–Crippen MR) is 54.6 cm³/mol. The second-order valence-corrected chi connectivity index (χ2v) is 3.82. The van der Waals surface area contributed by atoms with E-state index in [0.29, 0.717) is 18.9 Å². The minimum absolute atomic E-state index is 0.172. The van der Waals surface area contributed by atoms with Crippen molar-refractivity contribution in [3.63, 3.8) is 0 Å². The lowest BCUT2D eigenvalue weighted by Crippen LogP contribution is -2.29. The van der Waals surface area contributed by atoms with Gasteiger partial charge in [-0.1, -0.05) is 32.9 Å².